The Hall–Kier alpha value is -3.73. The first-order valence-electron chi connectivity index (χ1n) is 15.0. The van der Waals surface area contributed by atoms with Gasteiger partial charge >= 0.3 is 6.18 Å². The number of benzene rings is 2. The zero-order valence-electron chi connectivity index (χ0n) is 26.1. The summed E-state index contributed by atoms with van der Waals surface area (Å²) in [5.41, 5.74) is 0.293. The number of anilines is 2. The number of carbonyl (C=O) groups excluding carboxylic acids is 1. The lowest BCUT2D eigenvalue weighted by Crippen LogP contribution is -2.50. The van der Waals surface area contributed by atoms with Crippen molar-refractivity contribution in [3.63, 3.8) is 0 Å². The van der Waals surface area contributed by atoms with E-state index in [1.807, 2.05) is 0 Å². The van der Waals surface area contributed by atoms with E-state index in [1.54, 1.807) is 21.8 Å². The lowest BCUT2D eigenvalue weighted by atomic mass is 10.0. The monoisotopic (exact) mass is 734 g/mol. The molecule has 11 nitrogen and oxygen atoms in total. The summed E-state index contributed by atoms with van der Waals surface area (Å²) in [6.07, 6.45) is -7.86. The summed E-state index contributed by atoms with van der Waals surface area (Å²) in [5, 5.41) is 34.1. The number of ether oxygens (including phenoxy) is 1. The normalized spacial score (nSPS) is 17.7. The average Bonchev–Trinajstić information content (AvgIpc) is 3.35. The molecule has 1 amide bonds. The fourth-order valence-electron chi connectivity index (χ4n) is 5.27. The number of rotatable bonds is 13. The predicted molar refractivity (Wildman–Crippen MR) is 173 cm³/mol. The van der Waals surface area contributed by atoms with Gasteiger partial charge in [-0.3, -0.25) is 9.69 Å². The number of amides is 1. The molecule has 1 aliphatic rings. The number of thiophene rings is 1. The summed E-state index contributed by atoms with van der Waals surface area (Å²) in [6.45, 7) is 0.0288. The Morgan fingerprint density at radius 2 is 1.98 bits per heavy atom. The number of hydrogen-bond donors (Lipinski definition) is 6. The van der Waals surface area contributed by atoms with Crippen molar-refractivity contribution in [2.45, 2.75) is 49.2 Å². The lowest BCUT2D eigenvalue weighted by molar-refractivity contribution is -0.127. The summed E-state index contributed by atoms with van der Waals surface area (Å²) in [4.78, 5) is 12.2. The van der Waals surface area contributed by atoms with E-state index in [0.29, 0.717) is 28.7 Å². The van der Waals surface area contributed by atoms with E-state index in [4.69, 9.17) is 14.9 Å². The summed E-state index contributed by atoms with van der Waals surface area (Å²) in [5.74, 6) is 3.05. The zero-order chi connectivity index (χ0) is 35.9. The molecule has 268 valence electrons. The van der Waals surface area contributed by atoms with Crippen molar-refractivity contribution >= 4 is 48.7 Å². The van der Waals surface area contributed by atoms with Crippen molar-refractivity contribution in [1.82, 2.24) is 9.62 Å². The minimum absolute atomic E-state index is 0.00267. The Bertz CT molecular complexity index is 1810. The first-order chi connectivity index (χ1) is 23.1. The quantitative estimate of drug-likeness (QED) is 0.114. The van der Waals surface area contributed by atoms with Gasteiger partial charge in [0.1, 0.15) is 29.2 Å². The number of aliphatic hydroxyl groups is 3. The van der Waals surface area contributed by atoms with Crippen LogP contribution in [-0.4, -0.2) is 105 Å². The molecule has 1 aliphatic heterocycles. The van der Waals surface area contributed by atoms with Gasteiger partial charge in [-0.1, -0.05) is 24.0 Å². The number of likely N-dealkylation sites (tertiary alicyclic amines) is 1. The smallest absolute Gasteiger partial charge is 0.393 e. The van der Waals surface area contributed by atoms with Crippen LogP contribution < -0.4 is 20.1 Å². The van der Waals surface area contributed by atoms with E-state index in [9.17, 15) is 35.9 Å². The number of aliphatic hydroxyl groups excluding tert-OH is 3. The molecule has 1 saturated heterocycles. The van der Waals surface area contributed by atoms with E-state index in [0.717, 1.165) is 30.4 Å². The molecule has 0 aliphatic carbocycles. The third-order valence-electron chi connectivity index (χ3n) is 7.36. The van der Waals surface area contributed by atoms with Gasteiger partial charge in [0.05, 0.1) is 59.3 Å². The number of nitrogens with zero attached hydrogens (tertiary/aromatic N) is 1. The van der Waals surface area contributed by atoms with Gasteiger partial charge in [-0.15, -0.1) is 11.3 Å². The van der Waals surface area contributed by atoms with Crippen LogP contribution in [0.1, 0.15) is 23.8 Å². The molecule has 3 atom stereocenters. The Kier molecular flexibility index (Phi) is 12.7. The average molecular weight is 735 g/mol. The molecule has 49 heavy (non-hydrogen) atoms. The summed E-state index contributed by atoms with van der Waals surface area (Å²) in [6, 6.07) is 5.68. The first kappa shape index (κ1) is 38.1. The van der Waals surface area contributed by atoms with Gasteiger partial charge in [-0.05, 0) is 23.4 Å². The molecule has 18 heteroatoms. The van der Waals surface area contributed by atoms with Gasteiger partial charge < -0.3 is 30.7 Å². The fraction of sp³-hybridized carbons (Fsp3) is 0.452. The van der Waals surface area contributed by atoms with Crippen molar-refractivity contribution in [2.24, 2.45) is 0 Å². The third kappa shape index (κ3) is 10.2. The second-order valence-electron chi connectivity index (χ2n) is 11.2. The van der Waals surface area contributed by atoms with Crippen LogP contribution in [0.3, 0.4) is 0 Å². The number of hydrogen-bond acceptors (Lipinski definition) is 11. The van der Waals surface area contributed by atoms with Crippen molar-refractivity contribution in [3.05, 3.63) is 46.6 Å². The van der Waals surface area contributed by atoms with E-state index in [2.05, 4.69) is 22.5 Å². The number of alkyl halides is 4. The number of nitrogens with one attached hydrogen (secondary N) is 3. The molecule has 2 aromatic carbocycles. The maximum Gasteiger partial charge on any atom is 0.393 e. The third-order valence-corrected chi connectivity index (χ3v) is 10.0. The molecule has 4 rings (SSSR count). The van der Waals surface area contributed by atoms with Crippen LogP contribution in [0.5, 0.6) is 5.75 Å². The molecule has 0 saturated carbocycles. The Morgan fingerprint density at radius 1 is 1.22 bits per heavy atom. The van der Waals surface area contributed by atoms with Crippen LogP contribution in [0.15, 0.2) is 35.2 Å². The van der Waals surface area contributed by atoms with Gasteiger partial charge in [0, 0.05) is 38.7 Å². The van der Waals surface area contributed by atoms with Crippen molar-refractivity contribution in [1.29, 1.82) is 0 Å². The second kappa shape index (κ2) is 16.3. The molecule has 0 spiro atoms. The number of sulfonamides is 1. The van der Waals surface area contributed by atoms with Crippen LogP contribution in [0.25, 0.3) is 10.1 Å². The van der Waals surface area contributed by atoms with Gasteiger partial charge in [-0.25, -0.2) is 21.9 Å². The highest BCUT2D eigenvalue weighted by Gasteiger charge is 2.33. The van der Waals surface area contributed by atoms with Gasteiger partial charge in [0.15, 0.2) is 0 Å². The largest absolute Gasteiger partial charge is 0.489 e. The highest BCUT2D eigenvalue weighted by Crippen LogP contribution is 2.40. The van der Waals surface area contributed by atoms with Gasteiger partial charge in [0.2, 0.25) is 5.91 Å². The van der Waals surface area contributed by atoms with Crippen molar-refractivity contribution in [3.8, 4) is 17.6 Å². The SMILES string of the molecule is CC(=O)NS(=O)(=O)c1cc(OCCO)c(NCC#Cc2sc3c(NC4CCN(CC(O)CO)CC4F)cccc3c2CC(F)(F)F)cc1F. The van der Waals surface area contributed by atoms with Crippen LogP contribution in [0.4, 0.5) is 33.3 Å². The number of piperidine rings is 1. The van der Waals surface area contributed by atoms with Crippen molar-refractivity contribution < 1.29 is 55.2 Å². The minimum atomic E-state index is -4.58. The molecule has 6 N–H and O–H groups in total. The number of fused-ring (bicyclic) bond motifs is 1. The van der Waals surface area contributed by atoms with Crippen LogP contribution >= 0.6 is 11.3 Å². The van der Waals surface area contributed by atoms with E-state index in [1.165, 1.54) is 6.07 Å². The molecule has 1 aromatic heterocycles. The zero-order valence-corrected chi connectivity index (χ0v) is 27.7. The summed E-state index contributed by atoms with van der Waals surface area (Å²) in [7, 11) is -4.58. The molecular weight excluding hydrogens is 699 g/mol. The van der Waals surface area contributed by atoms with E-state index >= 15 is 4.39 Å². The number of carbonyl (C=O) groups is 1. The first-order valence-corrected chi connectivity index (χ1v) is 17.3. The highest BCUT2D eigenvalue weighted by molar-refractivity contribution is 7.90. The Balaban J connectivity index is 1.59. The molecule has 0 radical (unpaired) electrons. The summed E-state index contributed by atoms with van der Waals surface area (Å²) < 4.78 is 103. The maximum absolute atomic E-state index is 15.1. The molecular formula is C31H35F5N4O7S2. The maximum atomic E-state index is 15.1. The second-order valence-corrected chi connectivity index (χ2v) is 13.9. The topological polar surface area (TPSA) is 160 Å². The van der Waals surface area contributed by atoms with Crippen LogP contribution in [0, 0.1) is 17.7 Å². The number of halogens is 5. The van der Waals surface area contributed by atoms with Gasteiger partial charge in [0.25, 0.3) is 10.0 Å². The van der Waals surface area contributed by atoms with Crippen LogP contribution in [-0.2, 0) is 21.2 Å². The number of β-amino-alcohol motifs (C(OH)–C–C–N with tert-alkyl or cyclic N) is 1. The fourth-order valence-corrected chi connectivity index (χ4v) is 7.51. The van der Waals surface area contributed by atoms with Crippen LogP contribution in [0.2, 0.25) is 0 Å². The predicted octanol–water partition coefficient (Wildman–Crippen LogP) is 2.98. The lowest BCUT2D eigenvalue weighted by Gasteiger charge is -2.36. The Labute approximate surface area is 283 Å². The molecule has 0 bridgehead atoms. The van der Waals surface area contributed by atoms with Crippen molar-refractivity contribution in [2.75, 3.05) is 56.6 Å². The van der Waals surface area contributed by atoms with E-state index in [-0.39, 0.29) is 48.1 Å². The Morgan fingerprint density at radius 3 is 2.63 bits per heavy atom. The minimum Gasteiger partial charge on any atom is -0.489 e. The molecule has 3 aromatic rings. The molecule has 3 unspecified atom stereocenters. The van der Waals surface area contributed by atoms with E-state index < -0.39 is 70.8 Å². The summed E-state index contributed by atoms with van der Waals surface area (Å²) >= 11 is 0.994. The standard InChI is InChI=1S/C31H35F5N4O7S2/c1-18(43)39-49(45,46)29-13-27(47-11-10-41)26(12-22(29)32)37-8-3-6-28-21(14-31(34,35)36)20-4-2-5-25(30(20)48-28)38-24-7-9-40(16-23(24)33)15-19(44)17-42/h2,4-5,12-13,19,23-24,37-38,41-42,44H,7-11,14-17H2,1H3,(H,39,43). The van der Waals surface area contributed by atoms with Gasteiger partial charge in [-0.2, -0.15) is 13.2 Å². The highest BCUT2D eigenvalue weighted by atomic mass is 32.2. The molecule has 1 fully saturated rings. The molecule has 2 heterocycles.